The third kappa shape index (κ3) is 6.08. The van der Waals surface area contributed by atoms with E-state index in [9.17, 15) is 4.79 Å². The fourth-order valence-corrected chi connectivity index (χ4v) is 4.23. The zero-order valence-corrected chi connectivity index (χ0v) is 20.0. The standard InChI is InChI=1S/C28H28N2O2S/c1-19(2)24-5-4-6-25(15-24)32-17-27(31)29-16-21-9-13-23(14-10-21)28-30-26(18-33-28)22-11-7-20(3)8-12-22/h4-15,18-19H,16-17H2,1-3H3,(H,29,31). The van der Waals surface area contributed by atoms with Crippen molar-refractivity contribution in [2.24, 2.45) is 0 Å². The van der Waals surface area contributed by atoms with E-state index in [1.165, 1.54) is 11.1 Å². The van der Waals surface area contributed by atoms with Crippen molar-refractivity contribution in [3.8, 4) is 27.6 Å². The van der Waals surface area contributed by atoms with Crippen LogP contribution in [0.15, 0.2) is 78.2 Å². The predicted molar refractivity (Wildman–Crippen MR) is 136 cm³/mol. The number of nitrogens with zero attached hydrogens (tertiary/aromatic N) is 1. The molecule has 0 aliphatic rings. The maximum atomic E-state index is 12.2. The lowest BCUT2D eigenvalue weighted by Crippen LogP contribution is -2.28. The minimum Gasteiger partial charge on any atom is -0.484 e. The van der Waals surface area contributed by atoms with Gasteiger partial charge in [0, 0.05) is 23.1 Å². The van der Waals surface area contributed by atoms with Gasteiger partial charge in [-0.3, -0.25) is 4.79 Å². The van der Waals surface area contributed by atoms with Crippen molar-refractivity contribution in [2.45, 2.75) is 33.2 Å². The molecule has 1 heterocycles. The van der Waals surface area contributed by atoms with Gasteiger partial charge >= 0.3 is 0 Å². The van der Waals surface area contributed by atoms with Crippen LogP contribution in [0, 0.1) is 6.92 Å². The second-order valence-electron chi connectivity index (χ2n) is 8.39. The highest BCUT2D eigenvalue weighted by molar-refractivity contribution is 7.13. The zero-order chi connectivity index (χ0) is 23.2. The van der Waals surface area contributed by atoms with Gasteiger partial charge in [-0.05, 0) is 36.1 Å². The van der Waals surface area contributed by atoms with E-state index in [4.69, 9.17) is 9.72 Å². The lowest BCUT2D eigenvalue weighted by molar-refractivity contribution is -0.123. The van der Waals surface area contributed by atoms with E-state index in [0.717, 1.165) is 27.4 Å². The fourth-order valence-electron chi connectivity index (χ4n) is 3.39. The van der Waals surface area contributed by atoms with Crippen molar-refractivity contribution in [3.63, 3.8) is 0 Å². The lowest BCUT2D eigenvalue weighted by Gasteiger charge is -2.10. The Morgan fingerprint density at radius 2 is 1.73 bits per heavy atom. The Bertz CT molecular complexity index is 1210. The third-order valence-corrected chi connectivity index (χ3v) is 6.33. The Balaban J connectivity index is 1.29. The van der Waals surface area contributed by atoms with Crippen LogP contribution < -0.4 is 10.1 Å². The first kappa shape index (κ1) is 22.7. The normalized spacial score (nSPS) is 10.9. The lowest BCUT2D eigenvalue weighted by atomic mass is 10.0. The van der Waals surface area contributed by atoms with E-state index in [1.807, 2.05) is 42.5 Å². The summed E-state index contributed by atoms with van der Waals surface area (Å²) < 4.78 is 5.65. The van der Waals surface area contributed by atoms with Gasteiger partial charge in [0.05, 0.1) is 5.69 Å². The molecule has 0 saturated carbocycles. The highest BCUT2D eigenvalue weighted by atomic mass is 32.1. The summed E-state index contributed by atoms with van der Waals surface area (Å²) >= 11 is 1.64. The smallest absolute Gasteiger partial charge is 0.258 e. The molecule has 0 spiro atoms. The van der Waals surface area contributed by atoms with Gasteiger partial charge < -0.3 is 10.1 Å². The van der Waals surface area contributed by atoms with E-state index in [0.29, 0.717) is 18.2 Å². The summed E-state index contributed by atoms with van der Waals surface area (Å²) in [5.74, 6) is 0.995. The van der Waals surface area contributed by atoms with Gasteiger partial charge in [0.2, 0.25) is 0 Å². The average Bonchev–Trinajstić information content (AvgIpc) is 3.33. The average molecular weight is 457 g/mol. The molecule has 4 rings (SSSR count). The molecule has 1 amide bonds. The number of carbonyl (C=O) groups is 1. The summed E-state index contributed by atoms with van der Waals surface area (Å²) in [7, 11) is 0. The van der Waals surface area contributed by atoms with Crippen molar-refractivity contribution in [1.29, 1.82) is 0 Å². The quantitative estimate of drug-likeness (QED) is 0.325. The number of amides is 1. The highest BCUT2D eigenvalue weighted by Crippen LogP contribution is 2.29. The number of aromatic nitrogens is 1. The van der Waals surface area contributed by atoms with Gasteiger partial charge in [0.15, 0.2) is 6.61 Å². The van der Waals surface area contributed by atoms with Gasteiger partial charge in [-0.15, -0.1) is 11.3 Å². The molecule has 0 fully saturated rings. The molecule has 0 unspecified atom stereocenters. The minimum absolute atomic E-state index is 0.000531. The molecule has 33 heavy (non-hydrogen) atoms. The van der Waals surface area contributed by atoms with Gasteiger partial charge in [0.1, 0.15) is 10.8 Å². The molecule has 4 nitrogen and oxygen atoms in total. The number of thiazole rings is 1. The fraction of sp³-hybridized carbons (Fsp3) is 0.214. The number of benzene rings is 3. The SMILES string of the molecule is Cc1ccc(-c2csc(-c3ccc(CNC(=O)COc4cccc(C(C)C)c4)cc3)n2)cc1. The summed E-state index contributed by atoms with van der Waals surface area (Å²) in [5.41, 5.74) is 6.65. The minimum atomic E-state index is -0.142. The van der Waals surface area contributed by atoms with E-state index in [1.54, 1.807) is 11.3 Å². The Morgan fingerprint density at radius 1 is 1.00 bits per heavy atom. The molecule has 0 bridgehead atoms. The van der Waals surface area contributed by atoms with Crippen LogP contribution in [0.1, 0.15) is 36.5 Å². The van der Waals surface area contributed by atoms with Crippen molar-refractivity contribution < 1.29 is 9.53 Å². The second kappa shape index (κ2) is 10.5. The van der Waals surface area contributed by atoms with Gasteiger partial charge in [-0.25, -0.2) is 4.98 Å². The van der Waals surface area contributed by atoms with Crippen molar-refractivity contribution >= 4 is 17.2 Å². The summed E-state index contributed by atoms with van der Waals surface area (Å²) in [4.78, 5) is 17.0. The van der Waals surface area contributed by atoms with Crippen LogP contribution in [0.4, 0.5) is 0 Å². The molecule has 0 saturated heterocycles. The van der Waals surface area contributed by atoms with Crippen LogP contribution in [-0.2, 0) is 11.3 Å². The molecule has 1 aromatic heterocycles. The van der Waals surface area contributed by atoms with E-state index in [2.05, 4.69) is 61.8 Å². The first-order valence-electron chi connectivity index (χ1n) is 11.1. The second-order valence-corrected chi connectivity index (χ2v) is 9.25. The summed E-state index contributed by atoms with van der Waals surface area (Å²) in [5, 5.41) is 5.99. The predicted octanol–water partition coefficient (Wildman–Crippen LogP) is 6.60. The molecule has 1 N–H and O–H groups in total. The molecule has 4 aromatic rings. The van der Waals surface area contributed by atoms with Crippen LogP contribution in [0.5, 0.6) is 5.75 Å². The van der Waals surface area contributed by atoms with E-state index >= 15 is 0 Å². The topological polar surface area (TPSA) is 51.2 Å². The van der Waals surface area contributed by atoms with Crippen LogP contribution >= 0.6 is 11.3 Å². The van der Waals surface area contributed by atoms with Crippen molar-refractivity contribution in [2.75, 3.05) is 6.61 Å². The van der Waals surface area contributed by atoms with Crippen LogP contribution in [0.3, 0.4) is 0 Å². The van der Waals surface area contributed by atoms with Crippen molar-refractivity contribution in [1.82, 2.24) is 10.3 Å². The van der Waals surface area contributed by atoms with Crippen LogP contribution in [0.2, 0.25) is 0 Å². The monoisotopic (exact) mass is 456 g/mol. The number of nitrogens with one attached hydrogen (secondary N) is 1. The Kier molecular flexibility index (Phi) is 7.20. The van der Waals surface area contributed by atoms with Crippen LogP contribution in [0.25, 0.3) is 21.8 Å². The molecule has 0 atom stereocenters. The first-order chi connectivity index (χ1) is 16.0. The number of hydrogen-bond donors (Lipinski definition) is 1. The van der Waals surface area contributed by atoms with Gasteiger partial charge in [-0.1, -0.05) is 80.1 Å². The van der Waals surface area contributed by atoms with Gasteiger partial charge in [-0.2, -0.15) is 0 Å². The maximum absolute atomic E-state index is 12.2. The maximum Gasteiger partial charge on any atom is 0.258 e. The molecule has 168 valence electrons. The Morgan fingerprint density at radius 3 is 2.45 bits per heavy atom. The summed E-state index contributed by atoms with van der Waals surface area (Å²) in [6, 6.07) is 24.4. The third-order valence-electron chi connectivity index (χ3n) is 5.44. The number of ether oxygens (including phenoxy) is 1. The number of hydrogen-bond acceptors (Lipinski definition) is 4. The molecule has 3 aromatic carbocycles. The molecular weight excluding hydrogens is 428 g/mol. The Labute approximate surface area is 199 Å². The van der Waals surface area contributed by atoms with Crippen molar-refractivity contribution in [3.05, 3.63) is 94.9 Å². The van der Waals surface area contributed by atoms with E-state index in [-0.39, 0.29) is 12.5 Å². The summed E-state index contributed by atoms with van der Waals surface area (Å²) in [6.45, 7) is 6.81. The van der Waals surface area contributed by atoms with Gasteiger partial charge in [0.25, 0.3) is 5.91 Å². The molecule has 0 aliphatic heterocycles. The van der Waals surface area contributed by atoms with Crippen LogP contribution in [-0.4, -0.2) is 17.5 Å². The Hall–Kier alpha value is -3.44. The first-order valence-corrected chi connectivity index (χ1v) is 12.0. The molecular formula is C28H28N2O2S. The van der Waals surface area contributed by atoms with E-state index < -0.39 is 0 Å². The zero-order valence-electron chi connectivity index (χ0n) is 19.2. The highest BCUT2D eigenvalue weighted by Gasteiger charge is 2.08. The molecule has 0 aliphatic carbocycles. The largest absolute Gasteiger partial charge is 0.484 e. The number of rotatable bonds is 8. The summed E-state index contributed by atoms with van der Waals surface area (Å²) in [6.07, 6.45) is 0. The molecule has 5 heteroatoms. The number of aryl methyl sites for hydroxylation is 1. The number of carbonyl (C=O) groups excluding carboxylic acids is 1. The molecule has 0 radical (unpaired) electrons.